The van der Waals surface area contributed by atoms with E-state index in [1.54, 1.807) is 6.92 Å². The first-order valence-corrected chi connectivity index (χ1v) is 10.5. The summed E-state index contributed by atoms with van der Waals surface area (Å²) in [5, 5.41) is 12.7. The number of rotatable bonds is 7. The normalized spacial score (nSPS) is 15.9. The molecule has 0 saturated carbocycles. The van der Waals surface area contributed by atoms with E-state index < -0.39 is 6.10 Å². The van der Waals surface area contributed by atoms with Crippen molar-refractivity contribution in [2.45, 2.75) is 13.0 Å². The third-order valence-electron chi connectivity index (χ3n) is 5.64. The fraction of sp³-hybridized carbons (Fsp3) is 0.320. The number of hydrogen-bond acceptors (Lipinski definition) is 5. The summed E-state index contributed by atoms with van der Waals surface area (Å²) >= 11 is 0. The molecule has 0 amide bonds. The highest BCUT2D eigenvalue weighted by Crippen LogP contribution is 2.21. The number of ether oxygens (including phenoxy) is 1. The summed E-state index contributed by atoms with van der Waals surface area (Å²) in [4.78, 5) is 16.0. The molecule has 0 spiro atoms. The molecule has 1 N–H and O–H groups in total. The minimum atomic E-state index is -0.530. The molecule has 1 heterocycles. The third kappa shape index (κ3) is 4.99. The summed E-state index contributed by atoms with van der Waals surface area (Å²) in [6.45, 7) is 6.05. The molecule has 0 bridgehead atoms. The van der Waals surface area contributed by atoms with Crippen molar-refractivity contribution in [1.29, 1.82) is 0 Å². The molecule has 0 radical (unpaired) electrons. The van der Waals surface area contributed by atoms with Crippen LogP contribution in [-0.4, -0.2) is 61.2 Å². The number of carbonyl (C=O) groups excluding carboxylic acids is 1. The summed E-state index contributed by atoms with van der Waals surface area (Å²) in [5.74, 6) is 0.873. The van der Waals surface area contributed by atoms with Crippen LogP contribution in [-0.2, 0) is 0 Å². The van der Waals surface area contributed by atoms with E-state index in [4.69, 9.17) is 4.74 Å². The van der Waals surface area contributed by atoms with E-state index in [1.165, 1.54) is 5.39 Å². The Morgan fingerprint density at radius 1 is 0.967 bits per heavy atom. The van der Waals surface area contributed by atoms with Crippen LogP contribution in [0.1, 0.15) is 17.3 Å². The zero-order chi connectivity index (χ0) is 20.9. The number of aliphatic hydroxyl groups excluding tert-OH is 1. The predicted molar refractivity (Wildman–Crippen MR) is 121 cm³/mol. The fourth-order valence-corrected chi connectivity index (χ4v) is 3.90. The third-order valence-corrected chi connectivity index (χ3v) is 5.64. The van der Waals surface area contributed by atoms with Gasteiger partial charge in [-0.2, -0.15) is 0 Å². The maximum absolute atomic E-state index is 11.4. The Hall–Kier alpha value is -2.89. The van der Waals surface area contributed by atoms with E-state index in [-0.39, 0.29) is 12.4 Å². The van der Waals surface area contributed by atoms with Gasteiger partial charge in [0.1, 0.15) is 18.5 Å². The standard InChI is InChI=1S/C25H28N2O3/c1-19(28)20-6-9-23(10-7-20)27-14-12-26(13-15-27)17-24(29)18-30-25-11-8-21-4-2-3-5-22(21)16-25/h2-11,16,24,29H,12-15,17-18H2,1H3/t24-/m1/s1. The van der Waals surface area contributed by atoms with Crippen LogP contribution in [0.15, 0.2) is 66.7 Å². The van der Waals surface area contributed by atoms with Crippen LogP contribution in [0.25, 0.3) is 10.8 Å². The van der Waals surface area contributed by atoms with Crippen LogP contribution >= 0.6 is 0 Å². The number of Topliss-reactive ketones (excluding diaryl/α,β-unsaturated/α-hetero) is 1. The number of anilines is 1. The molecule has 1 aliphatic heterocycles. The second-order valence-corrected chi connectivity index (χ2v) is 7.86. The molecule has 1 atom stereocenters. The van der Waals surface area contributed by atoms with E-state index in [9.17, 15) is 9.90 Å². The number of nitrogens with zero attached hydrogens (tertiary/aromatic N) is 2. The van der Waals surface area contributed by atoms with Gasteiger partial charge in [0, 0.05) is 44.0 Å². The Labute approximate surface area is 177 Å². The molecule has 4 rings (SSSR count). The van der Waals surface area contributed by atoms with Gasteiger partial charge in [-0.3, -0.25) is 9.69 Å². The van der Waals surface area contributed by atoms with E-state index in [1.807, 2.05) is 54.6 Å². The summed E-state index contributed by atoms with van der Waals surface area (Å²) in [7, 11) is 0. The molecule has 1 aliphatic rings. The van der Waals surface area contributed by atoms with Crippen molar-refractivity contribution in [1.82, 2.24) is 4.90 Å². The molecule has 5 nitrogen and oxygen atoms in total. The number of ketones is 1. The molecule has 1 saturated heterocycles. The monoisotopic (exact) mass is 404 g/mol. The average molecular weight is 405 g/mol. The molecule has 5 heteroatoms. The molecule has 156 valence electrons. The van der Waals surface area contributed by atoms with Crippen LogP contribution in [0, 0.1) is 0 Å². The predicted octanol–water partition coefficient (Wildman–Crippen LogP) is 3.60. The fourth-order valence-electron chi connectivity index (χ4n) is 3.90. The number of carbonyl (C=O) groups is 1. The lowest BCUT2D eigenvalue weighted by Gasteiger charge is -2.36. The van der Waals surface area contributed by atoms with E-state index in [0.717, 1.165) is 48.6 Å². The van der Waals surface area contributed by atoms with Gasteiger partial charge < -0.3 is 14.7 Å². The van der Waals surface area contributed by atoms with Gasteiger partial charge in [-0.1, -0.05) is 30.3 Å². The van der Waals surface area contributed by atoms with Crippen molar-refractivity contribution in [3.05, 3.63) is 72.3 Å². The number of benzene rings is 3. The maximum Gasteiger partial charge on any atom is 0.159 e. The highest BCUT2D eigenvalue weighted by atomic mass is 16.5. The zero-order valence-electron chi connectivity index (χ0n) is 17.3. The topological polar surface area (TPSA) is 53.0 Å². The Morgan fingerprint density at radius 3 is 2.37 bits per heavy atom. The number of aliphatic hydroxyl groups is 1. The van der Waals surface area contributed by atoms with E-state index >= 15 is 0 Å². The maximum atomic E-state index is 11.4. The van der Waals surface area contributed by atoms with Crippen molar-refractivity contribution >= 4 is 22.2 Å². The lowest BCUT2D eigenvalue weighted by molar-refractivity contribution is 0.0663. The SMILES string of the molecule is CC(=O)c1ccc(N2CCN(C[C@@H](O)COc3ccc4ccccc4c3)CC2)cc1. The van der Waals surface area contributed by atoms with Gasteiger partial charge in [-0.05, 0) is 54.1 Å². The number of β-amino-alcohol motifs (C(OH)–C–C–N with tert-alkyl or cyclic N) is 1. The lowest BCUT2D eigenvalue weighted by Crippen LogP contribution is -2.49. The first-order valence-electron chi connectivity index (χ1n) is 10.5. The Bertz CT molecular complexity index is 995. The summed E-state index contributed by atoms with van der Waals surface area (Å²) in [5.41, 5.74) is 1.88. The Balaban J connectivity index is 1.23. The van der Waals surface area contributed by atoms with E-state index in [0.29, 0.717) is 6.54 Å². The number of piperazine rings is 1. The van der Waals surface area contributed by atoms with Crippen LogP contribution in [0.2, 0.25) is 0 Å². The van der Waals surface area contributed by atoms with Gasteiger partial charge in [0.15, 0.2) is 5.78 Å². The van der Waals surface area contributed by atoms with Gasteiger partial charge in [-0.15, -0.1) is 0 Å². The van der Waals surface area contributed by atoms with Crippen molar-refractivity contribution in [3.63, 3.8) is 0 Å². The molecule has 3 aromatic rings. The molecular formula is C25H28N2O3. The van der Waals surface area contributed by atoms with Gasteiger partial charge >= 0.3 is 0 Å². The second kappa shape index (κ2) is 9.28. The van der Waals surface area contributed by atoms with Crippen LogP contribution < -0.4 is 9.64 Å². The lowest BCUT2D eigenvalue weighted by atomic mass is 10.1. The smallest absolute Gasteiger partial charge is 0.159 e. The van der Waals surface area contributed by atoms with Crippen molar-refractivity contribution in [2.75, 3.05) is 44.2 Å². The molecule has 1 fully saturated rings. The summed E-state index contributed by atoms with van der Waals surface area (Å²) in [6, 6.07) is 22.0. The minimum Gasteiger partial charge on any atom is -0.491 e. The zero-order valence-corrected chi connectivity index (χ0v) is 17.3. The number of fused-ring (bicyclic) bond motifs is 1. The summed E-state index contributed by atoms with van der Waals surface area (Å²) < 4.78 is 5.82. The molecule has 30 heavy (non-hydrogen) atoms. The summed E-state index contributed by atoms with van der Waals surface area (Å²) in [6.07, 6.45) is -0.530. The minimum absolute atomic E-state index is 0.0891. The molecule has 0 aromatic heterocycles. The molecule has 3 aromatic carbocycles. The highest BCUT2D eigenvalue weighted by molar-refractivity contribution is 5.94. The van der Waals surface area contributed by atoms with Crippen LogP contribution in [0.3, 0.4) is 0 Å². The highest BCUT2D eigenvalue weighted by Gasteiger charge is 2.20. The quantitative estimate of drug-likeness (QED) is 0.610. The van der Waals surface area contributed by atoms with Gasteiger partial charge in [0.05, 0.1) is 0 Å². The van der Waals surface area contributed by atoms with Crippen LogP contribution in [0.4, 0.5) is 5.69 Å². The number of hydrogen-bond donors (Lipinski definition) is 1. The first kappa shape index (κ1) is 20.4. The molecule has 0 aliphatic carbocycles. The molecular weight excluding hydrogens is 376 g/mol. The second-order valence-electron chi connectivity index (χ2n) is 7.86. The van der Waals surface area contributed by atoms with Gasteiger partial charge in [0.2, 0.25) is 0 Å². The van der Waals surface area contributed by atoms with E-state index in [2.05, 4.69) is 21.9 Å². The van der Waals surface area contributed by atoms with Gasteiger partial charge in [0.25, 0.3) is 0 Å². The molecule has 0 unspecified atom stereocenters. The first-order chi connectivity index (χ1) is 14.6. The van der Waals surface area contributed by atoms with Gasteiger partial charge in [-0.25, -0.2) is 0 Å². The van der Waals surface area contributed by atoms with Crippen LogP contribution in [0.5, 0.6) is 5.75 Å². The van der Waals surface area contributed by atoms with Crippen molar-refractivity contribution in [3.8, 4) is 5.75 Å². The largest absolute Gasteiger partial charge is 0.491 e. The Kier molecular flexibility index (Phi) is 6.31. The van der Waals surface area contributed by atoms with Crippen molar-refractivity contribution < 1.29 is 14.6 Å². The van der Waals surface area contributed by atoms with Crippen molar-refractivity contribution in [2.24, 2.45) is 0 Å². The average Bonchev–Trinajstić information content (AvgIpc) is 2.78. The Morgan fingerprint density at radius 2 is 1.67 bits per heavy atom.